The number of nitro benzene ring substituents is 1. The van der Waals surface area contributed by atoms with E-state index >= 15 is 0 Å². The fourth-order valence-electron chi connectivity index (χ4n) is 2.49. The van der Waals surface area contributed by atoms with Gasteiger partial charge >= 0.3 is 0 Å². The zero-order chi connectivity index (χ0) is 18.7. The first-order valence-electron chi connectivity index (χ1n) is 7.61. The summed E-state index contributed by atoms with van der Waals surface area (Å²) in [5, 5.41) is 13.4. The van der Waals surface area contributed by atoms with Gasteiger partial charge in [0.1, 0.15) is 6.61 Å². The summed E-state index contributed by atoms with van der Waals surface area (Å²) in [4.78, 5) is 35.6. The van der Waals surface area contributed by atoms with Crippen molar-refractivity contribution < 1.29 is 19.2 Å². The Morgan fingerprint density at radius 2 is 1.65 bits per heavy atom. The molecule has 0 spiro atoms. The topological polar surface area (TPSA) is 102 Å². The Morgan fingerprint density at radius 1 is 1.08 bits per heavy atom. The molecule has 1 N–H and O–H groups in total. The molecule has 2 aromatic carbocycles. The van der Waals surface area contributed by atoms with Crippen LogP contribution in [0.2, 0.25) is 0 Å². The van der Waals surface area contributed by atoms with Gasteiger partial charge in [0.05, 0.1) is 22.6 Å². The largest absolute Gasteiger partial charge is 0.469 e. The Hall–Kier alpha value is -3.33. The number of benzene rings is 2. The highest BCUT2D eigenvalue weighted by Crippen LogP contribution is 2.22. The second-order valence-electron chi connectivity index (χ2n) is 5.37. The number of nitrogens with zero attached hydrogens (tertiary/aromatic N) is 2. The number of rotatable bonds is 5. The van der Waals surface area contributed by atoms with Gasteiger partial charge in [0.15, 0.2) is 0 Å². The highest BCUT2D eigenvalue weighted by atomic mass is 32.1. The number of amides is 2. The lowest BCUT2D eigenvalue weighted by Gasteiger charge is -2.15. The Morgan fingerprint density at radius 3 is 2.19 bits per heavy atom. The van der Waals surface area contributed by atoms with E-state index in [4.69, 9.17) is 17.0 Å². The van der Waals surface area contributed by atoms with Crippen LogP contribution >= 0.6 is 12.2 Å². The van der Waals surface area contributed by atoms with Gasteiger partial charge in [-0.1, -0.05) is 12.1 Å². The van der Waals surface area contributed by atoms with Gasteiger partial charge < -0.3 is 10.1 Å². The van der Waals surface area contributed by atoms with Crippen molar-refractivity contribution in [3.05, 3.63) is 69.8 Å². The molecular weight excluding hydrogens is 358 g/mol. The van der Waals surface area contributed by atoms with Gasteiger partial charge in [-0.2, -0.15) is 0 Å². The van der Waals surface area contributed by atoms with Crippen LogP contribution in [0.15, 0.2) is 48.5 Å². The highest BCUT2D eigenvalue weighted by Gasteiger charge is 2.34. The van der Waals surface area contributed by atoms with Crippen LogP contribution in [0.5, 0.6) is 0 Å². The molecule has 0 fully saturated rings. The van der Waals surface area contributed by atoms with E-state index in [9.17, 15) is 19.7 Å². The number of nitrogens with one attached hydrogen (secondary N) is 1. The second kappa shape index (κ2) is 7.28. The fourth-order valence-corrected chi connectivity index (χ4v) is 2.69. The molecule has 8 nitrogen and oxygen atoms in total. The van der Waals surface area contributed by atoms with E-state index in [1.165, 1.54) is 24.3 Å². The van der Waals surface area contributed by atoms with E-state index in [-0.39, 0.29) is 35.8 Å². The Bertz CT molecular complexity index is 863. The molecule has 0 saturated carbocycles. The van der Waals surface area contributed by atoms with E-state index in [0.717, 1.165) is 4.90 Å². The summed E-state index contributed by atoms with van der Waals surface area (Å²) in [5.41, 5.74) is 1.25. The molecule has 0 saturated heterocycles. The number of hydrogen-bond acceptors (Lipinski definition) is 6. The highest BCUT2D eigenvalue weighted by molar-refractivity contribution is 7.80. The van der Waals surface area contributed by atoms with Gasteiger partial charge in [0.25, 0.3) is 22.7 Å². The summed E-state index contributed by atoms with van der Waals surface area (Å²) in [6, 6.07) is 12.3. The van der Waals surface area contributed by atoms with Crippen molar-refractivity contribution in [2.75, 3.05) is 18.5 Å². The van der Waals surface area contributed by atoms with Crippen LogP contribution < -0.4 is 5.32 Å². The number of thiocarbonyl (C=S) groups is 1. The minimum absolute atomic E-state index is 0.0320. The van der Waals surface area contributed by atoms with E-state index in [0.29, 0.717) is 16.8 Å². The number of nitro groups is 1. The van der Waals surface area contributed by atoms with Gasteiger partial charge in [0, 0.05) is 17.8 Å². The van der Waals surface area contributed by atoms with Crippen molar-refractivity contribution in [3.63, 3.8) is 0 Å². The third-order valence-electron chi connectivity index (χ3n) is 3.75. The standard InChI is InChI=1S/C17H13N3O5S/c21-15-13-3-1-2-4-14(13)16(22)19(15)9-10-25-17(26)18-11-5-7-12(8-6-11)20(23)24/h1-8H,9-10H2,(H,18,26). The predicted molar refractivity (Wildman–Crippen MR) is 97.1 cm³/mol. The van der Waals surface area contributed by atoms with E-state index < -0.39 is 4.92 Å². The summed E-state index contributed by atoms with van der Waals surface area (Å²) in [6.07, 6.45) is 0. The van der Waals surface area contributed by atoms with Crippen LogP contribution in [0.25, 0.3) is 0 Å². The zero-order valence-corrected chi connectivity index (χ0v) is 14.2. The monoisotopic (exact) mass is 371 g/mol. The summed E-state index contributed by atoms with van der Waals surface area (Å²) in [5.74, 6) is -0.716. The molecule has 0 aromatic heterocycles. The Balaban J connectivity index is 1.51. The molecule has 1 heterocycles. The molecule has 1 aliphatic heterocycles. The molecule has 3 rings (SSSR count). The summed E-state index contributed by atoms with van der Waals surface area (Å²) >= 11 is 5.03. The van der Waals surface area contributed by atoms with Crippen molar-refractivity contribution in [1.82, 2.24) is 4.90 Å². The van der Waals surface area contributed by atoms with Crippen molar-refractivity contribution in [1.29, 1.82) is 0 Å². The molecule has 1 aliphatic rings. The number of ether oxygens (including phenoxy) is 1. The van der Waals surface area contributed by atoms with E-state index in [2.05, 4.69) is 5.32 Å². The van der Waals surface area contributed by atoms with Crippen molar-refractivity contribution in [2.24, 2.45) is 0 Å². The lowest BCUT2D eigenvalue weighted by molar-refractivity contribution is -0.384. The maximum absolute atomic E-state index is 12.2. The minimum atomic E-state index is -0.499. The number of anilines is 1. The van der Waals surface area contributed by atoms with Crippen LogP contribution in [0.4, 0.5) is 11.4 Å². The number of fused-ring (bicyclic) bond motifs is 1. The zero-order valence-electron chi connectivity index (χ0n) is 13.4. The Labute approximate surface area is 153 Å². The predicted octanol–water partition coefficient (Wildman–Crippen LogP) is 2.60. The maximum atomic E-state index is 12.2. The lowest BCUT2D eigenvalue weighted by Crippen LogP contribution is -2.33. The number of non-ortho nitro benzene ring substituents is 1. The van der Waals surface area contributed by atoms with Crippen molar-refractivity contribution in [3.8, 4) is 0 Å². The molecule has 0 atom stereocenters. The molecule has 132 valence electrons. The number of carbonyl (C=O) groups excluding carboxylic acids is 2. The van der Waals surface area contributed by atoms with Crippen LogP contribution in [-0.2, 0) is 4.74 Å². The van der Waals surface area contributed by atoms with Gasteiger partial charge in [0.2, 0.25) is 0 Å². The van der Waals surface area contributed by atoms with Gasteiger partial charge in [-0.15, -0.1) is 0 Å². The average Bonchev–Trinajstić information content (AvgIpc) is 2.87. The van der Waals surface area contributed by atoms with E-state index in [1.807, 2.05) is 0 Å². The van der Waals surface area contributed by atoms with E-state index in [1.54, 1.807) is 24.3 Å². The smallest absolute Gasteiger partial charge is 0.269 e. The van der Waals surface area contributed by atoms with Gasteiger partial charge in [-0.3, -0.25) is 24.6 Å². The van der Waals surface area contributed by atoms with Crippen molar-refractivity contribution >= 4 is 40.6 Å². The van der Waals surface area contributed by atoms with Gasteiger partial charge in [-0.05, 0) is 36.5 Å². The first-order chi connectivity index (χ1) is 12.5. The fraction of sp³-hybridized carbons (Fsp3) is 0.118. The van der Waals surface area contributed by atoms with Crippen LogP contribution in [0, 0.1) is 10.1 Å². The quantitative estimate of drug-likeness (QED) is 0.373. The molecule has 26 heavy (non-hydrogen) atoms. The summed E-state index contributed by atoms with van der Waals surface area (Å²) in [6.45, 7) is 0.0959. The average molecular weight is 371 g/mol. The minimum Gasteiger partial charge on any atom is -0.469 e. The molecule has 0 radical (unpaired) electrons. The maximum Gasteiger partial charge on any atom is 0.269 e. The second-order valence-corrected chi connectivity index (χ2v) is 5.74. The molecule has 9 heteroatoms. The summed E-state index contributed by atoms with van der Waals surface area (Å²) in [7, 11) is 0. The van der Waals surface area contributed by atoms with Gasteiger partial charge in [-0.25, -0.2) is 0 Å². The van der Waals surface area contributed by atoms with Crippen LogP contribution in [-0.4, -0.2) is 40.0 Å². The number of imide groups is 1. The van der Waals surface area contributed by atoms with Crippen LogP contribution in [0.3, 0.4) is 0 Å². The molecule has 0 unspecified atom stereocenters. The lowest BCUT2D eigenvalue weighted by atomic mass is 10.1. The Kier molecular flexibility index (Phi) is 4.90. The normalized spacial score (nSPS) is 12.7. The number of hydrogen-bond donors (Lipinski definition) is 1. The molecule has 0 bridgehead atoms. The third-order valence-corrected chi connectivity index (χ3v) is 3.97. The SMILES string of the molecule is O=C1c2ccccc2C(=O)N1CCOC(=S)Nc1ccc([N+](=O)[O-])cc1. The third kappa shape index (κ3) is 3.52. The van der Waals surface area contributed by atoms with Crippen LogP contribution in [0.1, 0.15) is 20.7 Å². The molecular formula is C17H13N3O5S. The molecule has 2 amide bonds. The summed E-state index contributed by atoms with van der Waals surface area (Å²) < 4.78 is 5.32. The molecule has 0 aliphatic carbocycles. The first kappa shape index (κ1) is 17.5. The number of carbonyl (C=O) groups is 2. The van der Waals surface area contributed by atoms with Crippen molar-refractivity contribution in [2.45, 2.75) is 0 Å². The molecule has 2 aromatic rings. The first-order valence-corrected chi connectivity index (χ1v) is 8.01.